The van der Waals surface area contributed by atoms with Crippen LogP contribution in [0.15, 0.2) is 28.7 Å². The monoisotopic (exact) mass is 421 g/mol. The molecule has 0 bridgehead atoms. The van der Waals surface area contributed by atoms with Crippen LogP contribution in [-0.4, -0.2) is 37.4 Å². The summed E-state index contributed by atoms with van der Waals surface area (Å²) in [6.07, 6.45) is 0.734. The van der Waals surface area contributed by atoms with Crippen molar-refractivity contribution in [2.24, 2.45) is 5.73 Å². The molecule has 0 fully saturated rings. The highest BCUT2D eigenvalue weighted by atomic mass is 35.5. The number of nitrogens with one attached hydrogen (secondary N) is 1. The molecule has 0 radical (unpaired) electrons. The molecular weight excluding hydrogens is 402 g/mol. The van der Waals surface area contributed by atoms with E-state index in [9.17, 15) is 9.59 Å². The number of likely N-dealkylation sites (N-methyl/N-ethyl adjacent to an activating group) is 1. The summed E-state index contributed by atoms with van der Waals surface area (Å²) in [4.78, 5) is 28.0. The van der Waals surface area contributed by atoms with Crippen LogP contribution in [0.5, 0.6) is 5.75 Å². The lowest BCUT2D eigenvalue weighted by molar-refractivity contribution is 0.0999. The number of benzene rings is 1. The van der Waals surface area contributed by atoms with E-state index in [0.717, 1.165) is 35.3 Å². The van der Waals surface area contributed by atoms with Crippen molar-refractivity contribution in [1.29, 1.82) is 0 Å². The van der Waals surface area contributed by atoms with Gasteiger partial charge in [-0.3, -0.25) is 9.59 Å². The Balaban J connectivity index is 0.00000225. The van der Waals surface area contributed by atoms with Gasteiger partial charge in [0.15, 0.2) is 17.1 Å². The maximum Gasteiger partial charge on any atom is 0.292 e. The smallest absolute Gasteiger partial charge is 0.292 e. The van der Waals surface area contributed by atoms with E-state index in [1.54, 1.807) is 19.2 Å². The summed E-state index contributed by atoms with van der Waals surface area (Å²) in [6, 6.07) is 7.08. The summed E-state index contributed by atoms with van der Waals surface area (Å²) in [7, 11) is 3.57. The first kappa shape index (κ1) is 20.2. The number of carbonyl (C=O) groups is 2. The summed E-state index contributed by atoms with van der Waals surface area (Å²) in [5, 5.41) is 4.04. The van der Waals surface area contributed by atoms with Crippen molar-refractivity contribution in [1.82, 2.24) is 4.90 Å². The number of hydrogen-bond donors (Lipinski definition) is 2. The average molecular weight is 422 g/mol. The second-order valence-electron chi connectivity index (χ2n) is 6.50. The van der Waals surface area contributed by atoms with Crippen molar-refractivity contribution in [3.8, 4) is 5.75 Å². The van der Waals surface area contributed by atoms with E-state index < -0.39 is 11.8 Å². The first-order chi connectivity index (χ1) is 13.0. The van der Waals surface area contributed by atoms with E-state index in [-0.39, 0.29) is 18.2 Å². The molecule has 148 valence electrons. The van der Waals surface area contributed by atoms with Gasteiger partial charge in [-0.1, -0.05) is 12.1 Å². The topological polar surface area (TPSA) is 97.8 Å². The third kappa shape index (κ3) is 3.46. The predicted molar refractivity (Wildman–Crippen MR) is 111 cm³/mol. The molecule has 28 heavy (non-hydrogen) atoms. The first-order valence-electron chi connectivity index (χ1n) is 8.48. The molecule has 3 aromatic rings. The number of thiophene rings is 1. The molecule has 3 N–H and O–H groups in total. The molecule has 0 aliphatic carbocycles. The fourth-order valence-electron chi connectivity index (χ4n) is 3.35. The number of ether oxygens (including phenoxy) is 1. The zero-order chi connectivity index (χ0) is 19.1. The van der Waals surface area contributed by atoms with Gasteiger partial charge >= 0.3 is 0 Å². The summed E-state index contributed by atoms with van der Waals surface area (Å²) in [5.41, 5.74) is 7.45. The number of hydrogen-bond acceptors (Lipinski definition) is 6. The van der Waals surface area contributed by atoms with Gasteiger partial charge in [-0.15, -0.1) is 23.7 Å². The van der Waals surface area contributed by atoms with Crippen LogP contribution < -0.4 is 15.8 Å². The number of nitrogens with two attached hydrogens (primary N) is 1. The summed E-state index contributed by atoms with van der Waals surface area (Å²) >= 11 is 1.39. The predicted octanol–water partition coefficient (Wildman–Crippen LogP) is 3.26. The minimum absolute atomic E-state index is 0. The molecule has 1 aromatic carbocycles. The highest BCUT2D eigenvalue weighted by Gasteiger charge is 2.27. The molecule has 0 saturated carbocycles. The fourth-order valence-corrected chi connectivity index (χ4v) is 4.68. The van der Waals surface area contributed by atoms with Crippen LogP contribution >= 0.6 is 23.7 Å². The van der Waals surface area contributed by atoms with E-state index >= 15 is 0 Å². The van der Waals surface area contributed by atoms with Crippen molar-refractivity contribution in [2.45, 2.75) is 13.0 Å². The van der Waals surface area contributed by atoms with Gasteiger partial charge < -0.3 is 25.1 Å². The minimum Gasteiger partial charge on any atom is -0.493 e. The molecule has 1 aliphatic heterocycles. The quantitative estimate of drug-likeness (QED) is 0.673. The van der Waals surface area contributed by atoms with Crippen LogP contribution in [0.4, 0.5) is 5.00 Å². The zero-order valence-corrected chi connectivity index (χ0v) is 17.0. The lowest BCUT2D eigenvalue weighted by atomic mass is 10.0. The largest absolute Gasteiger partial charge is 0.493 e. The fraction of sp³-hybridized carbons (Fsp3) is 0.263. The Labute approximate surface area is 171 Å². The first-order valence-corrected chi connectivity index (χ1v) is 9.30. The van der Waals surface area contributed by atoms with E-state index in [2.05, 4.69) is 10.2 Å². The number of halogens is 1. The third-order valence-electron chi connectivity index (χ3n) is 4.67. The van der Waals surface area contributed by atoms with Gasteiger partial charge in [-0.05, 0) is 31.2 Å². The SMILES string of the molecule is COc1cccc2cc(C(=O)Nc3sc4c(c3C(N)=O)CCN(C)C4)oc12.Cl. The molecule has 0 unspecified atom stereocenters. The normalized spacial score (nSPS) is 13.6. The number of carbonyl (C=O) groups excluding carboxylic acids is 2. The number of para-hydroxylation sites is 1. The van der Waals surface area contributed by atoms with Gasteiger partial charge in [-0.25, -0.2) is 0 Å². The zero-order valence-electron chi connectivity index (χ0n) is 15.4. The Kier molecular flexibility index (Phi) is 5.64. The van der Waals surface area contributed by atoms with Crippen molar-refractivity contribution in [3.05, 3.63) is 46.0 Å². The van der Waals surface area contributed by atoms with E-state index in [0.29, 0.717) is 21.9 Å². The van der Waals surface area contributed by atoms with E-state index in [1.165, 1.54) is 11.3 Å². The number of anilines is 1. The molecule has 7 nitrogen and oxygen atoms in total. The molecule has 0 saturated heterocycles. The third-order valence-corrected chi connectivity index (χ3v) is 5.81. The molecule has 4 rings (SSSR count). The van der Waals surface area contributed by atoms with Gasteiger partial charge in [0.25, 0.3) is 11.8 Å². The number of nitrogens with zero attached hydrogens (tertiary/aromatic N) is 1. The lowest BCUT2D eigenvalue weighted by Crippen LogP contribution is -2.27. The molecule has 0 spiro atoms. The number of methoxy groups -OCH3 is 1. The van der Waals surface area contributed by atoms with Crippen LogP contribution in [0.25, 0.3) is 11.0 Å². The van der Waals surface area contributed by atoms with Gasteiger partial charge in [0.2, 0.25) is 0 Å². The van der Waals surface area contributed by atoms with E-state index in [1.807, 2.05) is 19.2 Å². The highest BCUT2D eigenvalue weighted by molar-refractivity contribution is 7.17. The molecule has 9 heteroatoms. The Morgan fingerprint density at radius 2 is 2.14 bits per heavy atom. The van der Waals surface area contributed by atoms with Gasteiger partial charge in [0.1, 0.15) is 5.00 Å². The average Bonchev–Trinajstić information content (AvgIpc) is 3.21. The molecular formula is C19H20ClN3O4S. The summed E-state index contributed by atoms with van der Waals surface area (Å²) in [5.74, 6) is -0.256. The Hall–Kier alpha value is -2.55. The lowest BCUT2D eigenvalue weighted by Gasteiger charge is -2.22. The Morgan fingerprint density at radius 1 is 1.36 bits per heavy atom. The highest BCUT2D eigenvalue weighted by Crippen LogP contribution is 2.37. The molecule has 2 amide bonds. The maximum absolute atomic E-state index is 12.7. The van der Waals surface area contributed by atoms with Crippen LogP contribution in [0.1, 0.15) is 31.4 Å². The molecule has 0 atom stereocenters. The van der Waals surface area contributed by atoms with Crippen molar-refractivity contribution in [3.63, 3.8) is 0 Å². The summed E-state index contributed by atoms with van der Waals surface area (Å²) in [6.45, 7) is 1.58. The summed E-state index contributed by atoms with van der Waals surface area (Å²) < 4.78 is 11.0. The van der Waals surface area contributed by atoms with Crippen LogP contribution in [0, 0.1) is 0 Å². The Morgan fingerprint density at radius 3 is 2.86 bits per heavy atom. The maximum atomic E-state index is 12.7. The number of amides is 2. The second-order valence-corrected chi connectivity index (χ2v) is 7.61. The number of furan rings is 1. The van der Waals surface area contributed by atoms with Crippen LogP contribution in [-0.2, 0) is 13.0 Å². The van der Waals surface area contributed by atoms with Gasteiger partial charge in [0, 0.05) is 23.4 Å². The number of fused-ring (bicyclic) bond motifs is 2. The van der Waals surface area contributed by atoms with Crippen molar-refractivity contribution >= 4 is 51.5 Å². The number of primary amides is 1. The standard InChI is InChI=1S/C19H19N3O4S.ClH/c1-22-7-6-11-14(9-22)27-19(15(11)17(20)23)21-18(24)13-8-10-4-3-5-12(25-2)16(10)26-13;/h3-5,8H,6-7,9H2,1-2H3,(H2,20,23)(H,21,24);1H. The van der Waals surface area contributed by atoms with Crippen LogP contribution in [0.2, 0.25) is 0 Å². The van der Waals surface area contributed by atoms with Crippen molar-refractivity contribution < 1.29 is 18.7 Å². The molecule has 3 heterocycles. The molecule has 2 aromatic heterocycles. The van der Waals surface area contributed by atoms with Gasteiger partial charge in [-0.2, -0.15) is 0 Å². The Bertz CT molecular complexity index is 1060. The minimum atomic E-state index is -0.529. The van der Waals surface area contributed by atoms with E-state index in [4.69, 9.17) is 14.9 Å². The van der Waals surface area contributed by atoms with Gasteiger partial charge in [0.05, 0.1) is 12.7 Å². The van der Waals surface area contributed by atoms with Crippen molar-refractivity contribution in [2.75, 3.05) is 26.0 Å². The molecule has 1 aliphatic rings. The second kappa shape index (κ2) is 7.83. The number of rotatable bonds is 4. The van der Waals surface area contributed by atoms with Crippen LogP contribution in [0.3, 0.4) is 0 Å².